The Bertz CT molecular complexity index is 638. The molecule has 1 aliphatic rings. The van der Waals surface area contributed by atoms with Crippen molar-refractivity contribution in [1.29, 1.82) is 0 Å². The van der Waals surface area contributed by atoms with Gasteiger partial charge in [-0.3, -0.25) is 9.48 Å². The van der Waals surface area contributed by atoms with Gasteiger partial charge in [0.1, 0.15) is 5.15 Å². The number of carbonyl (C=O) groups is 1. The maximum Gasteiger partial charge on any atom is 0.222 e. The standard InChI is InChI=1S/C12H14ClN5O/c1-17-12-8(6-14-17)11(13)15-9(16-12)7-18-5-3-2-4-10(18)19/h6H,2-5,7H2,1H3. The third-order valence-electron chi connectivity index (χ3n) is 3.35. The summed E-state index contributed by atoms with van der Waals surface area (Å²) in [7, 11) is 1.81. The van der Waals surface area contributed by atoms with Crippen molar-refractivity contribution < 1.29 is 4.79 Å². The first-order valence-electron chi connectivity index (χ1n) is 6.27. The number of rotatable bonds is 2. The Hall–Kier alpha value is -1.69. The van der Waals surface area contributed by atoms with E-state index in [-0.39, 0.29) is 5.91 Å². The summed E-state index contributed by atoms with van der Waals surface area (Å²) in [5, 5.41) is 5.23. The lowest BCUT2D eigenvalue weighted by Gasteiger charge is -2.25. The van der Waals surface area contributed by atoms with Crippen LogP contribution in [0.5, 0.6) is 0 Å². The molecule has 1 saturated heterocycles. The minimum Gasteiger partial charge on any atom is -0.335 e. The molecular weight excluding hydrogens is 266 g/mol. The first-order valence-corrected chi connectivity index (χ1v) is 6.65. The van der Waals surface area contributed by atoms with Crippen LogP contribution in [0.1, 0.15) is 25.1 Å². The Kier molecular flexibility index (Phi) is 3.10. The van der Waals surface area contributed by atoms with Gasteiger partial charge in [0.15, 0.2) is 11.5 Å². The summed E-state index contributed by atoms with van der Waals surface area (Å²) < 4.78 is 1.66. The van der Waals surface area contributed by atoms with E-state index in [1.165, 1.54) is 0 Å². The van der Waals surface area contributed by atoms with Gasteiger partial charge in [-0.25, -0.2) is 9.97 Å². The lowest BCUT2D eigenvalue weighted by Crippen LogP contribution is -2.35. The summed E-state index contributed by atoms with van der Waals surface area (Å²) in [4.78, 5) is 22.3. The molecule has 0 unspecified atom stereocenters. The topological polar surface area (TPSA) is 63.9 Å². The number of halogens is 1. The second-order valence-corrected chi connectivity index (χ2v) is 5.07. The van der Waals surface area contributed by atoms with E-state index in [4.69, 9.17) is 11.6 Å². The highest BCUT2D eigenvalue weighted by Gasteiger charge is 2.20. The average Bonchev–Trinajstić information content (AvgIpc) is 2.75. The highest BCUT2D eigenvalue weighted by molar-refractivity contribution is 6.33. The Balaban J connectivity index is 1.92. The first-order chi connectivity index (χ1) is 9.15. The lowest BCUT2D eigenvalue weighted by atomic mass is 10.1. The first kappa shape index (κ1) is 12.3. The van der Waals surface area contributed by atoms with E-state index in [1.54, 1.807) is 15.8 Å². The summed E-state index contributed by atoms with van der Waals surface area (Å²) in [6, 6.07) is 0. The maximum atomic E-state index is 11.8. The molecule has 0 atom stereocenters. The molecule has 1 amide bonds. The van der Waals surface area contributed by atoms with E-state index in [9.17, 15) is 4.79 Å². The number of piperidine rings is 1. The quantitative estimate of drug-likeness (QED) is 0.782. The fraction of sp³-hybridized carbons (Fsp3) is 0.500. The number of nitrogens with zero attached hydrogens (tertiary/aromatic N) is 5. The minimum absolute atomic E-state index is 0.163. The summed E-state index contributed by atoms with van der Waals surface area (Å²) in [5.74, 6) is 0.729. The van der Waals surface area contributed by atoms with Gasteiger partial charge in [0.25, 0.3) is 0 Å². The largest absolute Gasteiger partial charge is 0.335 e. The van der Waals surface area contributed by atoms with Gasteiger partial charge in [-0.2, -0.15) is 5.10 Å². The van der Waals surface area contributed by atoms with Crippen molar-refractivity contribution in [3.8, 4) is 0 Å². The second-order valence-electron chi connectivity index (χ2n) is 4.71. The van der Waals surface area contributed by atoms with Crippen molar-refractivity contribution in [2.45, 2.75) is 25.8 Å². The van der Waals surface area contributed by atoms with Gasteiger partial charge in [0, 0.05) is 20.0 Å². The number of hydrogen-bond acceptors (Lipinski definition) is 4. The summed E-state index contributed by atoms with van der Waals surface area (Å²) in [6.45, 7) is 1.18. The molecular formula is C12H14ClN5O. The van der Waals surface area contributed by atoms with Crippen LogP contribution < -0.4 is 0 Å². The van der Waals surface area contributed by atoms with Gasteiger partial charge in [-0.1, -0.05) is 11.6 Å². The van der Waals surface area contributed by atoms with E-state index in [1.807, 2.05) is 7.05 Å². The Morgan fingerprint density at radius 2 is 2.21 bits per heavy atom. The summed E-state index contributed by atoms with van der Waals surface area (Å²) in [5.41, 5.74) is 0.694. The molecule has 1 aliphatic heterocycles. The molecule has 0 spiro atoms. The van der Waals surface area contributed by atoms with Gasteiger partial charge in [0.2, 0.25) is 5.91 Å². The zero-order valence-electron chi connectivity index (χ0n) is 10.6. The second kappa shape index (κ2) is 4.77. The molecule has 0 radical (unpaired) electrons. The lowest BCUT2D eigenvalue weighted by molar-refractivity contribution is -0.134. The van der Waals surface area contributed by atoms with Crippen molar-refractivity contribution in [3.63, 3.8) is 0 Å². The van der Waals surface area contributed by atoms with E-state index in [2.05, 4.69) is 15.1 Å². The fourth-order valence-corrected chi connectivity index (χ4v) is 2.53. The van der Waals surface area contributed by atoms with Crippen molar-refractivity contribution >= 4 is 28.5 Å². The predicted octanol–water partition coefficient (Wildman–Crippen LogP) is 1.53. The summed E-state index contributed by atoms with van der Waals surface area (Å²) >= 11 is 6.12. The Morgan fingerprint density at radius 1 is 1.37 bits per heavy atom. The number of aromatic nitrogens is 4. The van der Waals surface area contributed by atoms with Crippen LogP contribution in [0.4, 0.5) is 0 Å². The zero-order chi connectivity index (χ0) is 13.4. The predicted molar refractivity (Wildman–Crippen MR) is 70.6 cm³/mol. The monoisotopic (exact) mass is 279 g/mol. The number of hydrogen-bond donors (Lipinski definition) is 0. The third kappa shape index (κ3) is 2.28. The Labute approximate surface area is 115 Å². The minimum atomic E-state index is 0.163. The van der Waals surface area contributed by atoms with Crippen molar-refractivity contribution in [2.24, 2.45) is 7.05 Å². The number of aryl methyl sites for hydroxylation is 1. The molecule has 3 heterocycles. The van der Waals surface area contributed by atoms with Crippen LogP contribution in [0, 0.1) is 0 Å². The van der Waals surface area contributed by atoms with Crippen LogP contribution >= 0.6 is 11.6 Å². The van der Waals surface area contributed by atoms with Crippen LogP contribution in [0.25, 0.3) is 11.0 Å². The molecule has 0 saturated carbocycles. The number of amides is 1. The van der Waals surface area contributed by atoms with Gasteiger partial charge >= 0.3 is 0 Å². The third-order valence-corrected chi connectivity index (χ3v) is 3.63. The molecule has 0 aromatic carbocycles. The molecule has 2 aromatic heterocycles. The molecule has 6 nitrogen and oxygen atoms in total. The molecule has 0 aliphatic carbocycles. The molecule has 19 heavy (non-hydrogen) atoms. The molecule has 0 N–H and O–H groups in total. The van der Waals surface area contributed by atoms with Crippen LogP contribution in [-0.2, 0) is 18.4 Å². The molecule has 2 aromatic rings. The molecule has 1 fully saturated rings. The van der Waals surface area contributed by atoms with Crippen molar-refractivity contribution in [3.05, 3.63) is 17.2 Å². The average molecular weight is 280 g/mol. The highest BCUT2D eigenvalue weighted by atomic mass is 35.5. The van der Waals surface area contributed by atoms with Gasteiger partial charge < -0.3 is 4.90 Å². The van der Waals surface area contributed by atoms with E-state index in [0.29, 0.717) is 29.6 Å². The van der Waals surface area contributed by atoms with Crippen molar-refractivity contribution in [1.82, 2.24) is 24.6 Å². The number of carbonyl (C=O) groups excluding carboxylic acids is 1. The van der Waals surface area contributed by atoms with Crippen LogP contribution in [0.2, 0.25) is 5.15 Å². The van der Waals surface area contributed by atoms with Crippen LogP contribution in [0.3, 0.4) is 0 Å². The van der Waals surface area contributed by atoms with Crippen LogP contribution in [-0.4, -0.2) is 37.1 Å². The molecule has 3 rings (SSSR count). The van der Waals surface area contributed by atoms with Crippen molar-refractivity contribution in [2.75, 3.05) is 6.54 Å². The fourth-order valence-electron chi connectivity index (χ4n) is 2.30. The Morgan fingerprint density at radius 3 is 3.00 bits per heavy atom. The maximum absolute atomic E-state index is 11.8. The van der Waals surface area contributed by atoms with E-state index in [0.717, 1.165) is 24.8 Å². The number of fused-ring (bicyclic) bond motifs is 1. The normalized spacial score (nSPS) is 16.3. The smallest absolute Gasteiger partial charge is 0.222 e. The van der Waals surface area contributed by atoms with Gasteiger partial charge in [0.05, 0.1) is 18.1 Å². The zero-order valence-corrected chi connectivity index (χ0v) is 11.4. The van der Waals surface area contributed by atoms with Gasteiger partial charge in [-0.15, -0.1) is 0 Å². The highest BCUT2D eigenvalue weighted by Crippen LogP contribution is 2.20. The van der Waals surface area contributed by atoms with Gasteiger partial charge in [-0.05, 0) is 12.8 Å². The van der Waals surface area contributed by atoms with E-state index >= 15 is 0 Å². The van der Waals surface area contributed by atoms with E-state index < -0.39 is 0 Å². The molecule has 0 bridgehead atoms. The molecule has 7 heteroatoms. The SMILES string of the molecule is Cn1ncc2c(Cl)nc(CN3CCCCC3=O)nc21. The number of likely N-dealkylation sites (tertiary alicyclic amines) is 1. The molecule has 100 valence electrons. The summed E-state index contributed by atoms with van der Waals surface area (Å²) in [6.07, 6.45) is 4.26. The van der Waals surface area contributed by atoms with Crippen LogP contribution in [0.15, 0.2) is 6.20 Å².